The molecule has 1 aliphatic heterocycles. The Kier molecular flexibility index (Phi) is 6.31. The molecule has 0 aromatic carbocycles. The number of hydrogen-bond acceptors (Lipinski definition) is 1. The van der Waals surface area contributed by atoms with Crippen LogP contribution in [-0.2, 0) is 0 Å². The van der Waals surface area contributed by atoms with Crippen LogP contribution < -0.4 is 5.32 Å². The van der Waals surface area contributed by atoms with Crippen LogP contribution in [0.4, 0.5) is 0 Å². The number of piperidine rings is 1. The molecule has 1 fully saturated rings. The maximum absolute atomic E-state index is 3.62. The number of rotatable bonds is 6. The van der Waals surface area contributed by atoms with Crippen LogP contribution in [0.15, 0.2) is 0 Å². The van der Waals surface area contributed by atoms with Crippen molar-refractivity contribution in [3.63, 3.8) is 0 Å². The first-order valence-electron chi connectivity index (χ1n) is 6.99. The van der Waals surface area contributed by atoms with Crippen molar-refractivity contribution in [3.8, 4) is 0 Å². The summed E-state index contributed by atoms with van der Waals surface area (Å²) in [6.07, 6.45) is 9.93. The minimum atomic E-state index is 0.761. The van der Waals surface area contributed by atoms with Gasteiger partial charge in [-0.25, -0.2) is 0 Å². The third kappa shape index (κ3) is 5.01. The standard InChI is InChI=1S/C14H29N/c1-4-6-7-13(5-2)10-14-9-8-12(3)15-11-14/h12-15H,4-11H2,1-3H3. The maximum Gasteiger partial charge on any atom is 0.00389 e. The lowest BCUT2D eigenvalue weighted by Crippen LogP contribution is -2.37. The van der Waals surface area contributed by atoms with E-state index in [0.717, 1.165) is 17.9 Å². The zero-order valence-electron chi connectivity index (χ0n) is 10.9. The fourth-order valence-electron chi connectivity index (χ4n) is 2.71. The Morgan fingerprint density at radius 1 is 1.27 bits per heavy atom. The summed E-state index contributed by atoms with van der Waals surface area (Å²) in [4.78, 5) is 0. The molecule has 0 aliphatic carbocycles. The minimum Gasteiger partial charge on any atom is -0.314 e. The van der Waals surface area contributed by atoms with Gasteiger partial charge in [0, 0.05) is 6.04 Å². The van der Waals surface area contributed by atoms with Crippen molar-refractivity contribution in [1.82, 2.24) is 5.32 Å². The molecule has 15 heavy (non-hydrogen) atoms. The van der Waals surface area contributed by atoms with Gasteiger partial charge in [-0.1, -0.05) is 39.5 Å². The van der Waals surface area contributed by atoms with Crippen molar-refractivity contribution < 1.29 is 0 Å². The molecule has 1 heteroatoms. The molecule has 1 nitrogen and oxygen atoms in total. The molecule has 1 N–H and O–H groups in total. The van der Waals surface area contributed by atoms with Crippen LogP contribution in [0.5, 0.6) is 0 Å². The zero-order valence-corrected chi connectivity index (χ0v) is 10.9. The Bertz CT molecular complexity index is 145. The van der Waals surface area contributed by atoms with E-state index in [9.17, 15) is 0 Å². The van der Waals surface area contributed by atoms with Gasteiger partial charge in [-0.05, 0) is 44.6 Å². The van der Waals surface area contributed by atoms with Gasteiger partial charge >= 0.3 is 0 Å². The van der Waals surface area contributed by atoms with Crippen molar-refractivity contribution in [2.45, 2.75) is 71.8 Å². The van der Waals surface area contributed by atoms with Crippen molar-refractivity contribution in [2.75, 3.05) is 6.54 Å². The highest BCUT2D eigenvalue weighted by Crippen LogP contribution is 2.26. The first-order valence-corrected chi connectivity index (χ1v) is 6.99. The van der Waals surface area contributed by atoms with Crippen LogP contribution in [-0.4, -0.2) is 12.6 Å². The zero-order chi connectivity index (χ0) is 11.1. The van der Waals surface area contributed by atoms with E-state index in [2.05, 4.69) is 26.1 Å². The molecule has 0 spiro atoms. The molecule has 1 aliphatic rings. The smallest absolute Gasteiger partial charge is 0.00389 e. The highest BCUT2D eigenvalue weighted by molar-refractivity contribution is 4.76. The van der Waals surface area contributed by atoms with Gasteiger partial charge in [0.1, 0.15) is 0 Å². The van der Waals surface area contributed by atoms with Crippen LogP contribution in [0.25, 0.3) is 0 Å². The molecule has 0 radical (unpaired) electrons. The molecular formula is C14H29N. The van der Waals surface area contributed by atoms with Crippen LogP contribution in [0.1, 0.15) is 65.7 Å². The number of unbranched alkanes of at least 4 members (excludes halogenated alkanes) is 1. The van der Waals surface area contributed by atoms with E-state index in [4.69, 9.17) is 0 Å². The second-order valence-electron chi connectivity index (χ2n) is 5.40. The Morgan fingerprint density at radius 3 is 2.60 bits per heavy atom. The van der Waals surface area contributed by atoms with Crippen molar-refractivity contribution in [1.29, 1.82) is 0 Å². The number of nitrogens with one attached hydrogen (secondary N) is 1. The molecule has 0 saturated carbocycles. The fraction of sp³-hybridized carbons (Fsp3) is 1.00. The first kappa shape index (κ1) is 13.0. The number of hydrogen-bond donors (Lipinski definition) is 1. The Morgan fingerprint density at radius 2 is 2.07 bits per heavy atom. The molecule has 0 bridgehead atoms. The van der Waals surface area contributed by atoms with Gasteiger partial charge in [0.05, 0.1) is 0 Å². The molecule has 0 aromatic rings. The normalized spacial score (nSPS) is 29.0. The van der Waals surface area contributed by atoms with Gasteiger partial charge in [0.15, 0.2) is 0 Å². The maximum atomic E-state index is 3.62. The molecule has 1 rings (SSSR count). The van der Waals surface area contributed by atoms with Crippen molar-refractivity contribution in [2.24, 2.45) is 11.8 Å². The van der Waals surface area contributed by atoms with Gasteiger partial charge < -0.3 is 5.32 Å². The molecule has 0 aromatic heterocycles. The van der Waals surface area contributed by atoms with E-state index in [1.54, 1.807) is 0 Å². The second kappa shape index (κ2) is 7.27. The predicted molar refractivity (Wildman–Crippen MR) is 68.1 cm³/mol. The van der Waals surface area contributed by atoms with Gasteiger partial charge in [0.2, 0.25) is 0 Å². The Balaban J connectivity index is 2.19. The predicted octanol–water partition coefficient (Wildman–Crippen LogP) is 3.98. The van der Waals surface area contributed by atoms with Crippen molar-refractivity contribution in [3.05, 3.63) is 0 Å². The molecule has 90 valence electrons. The lowest BCUT2D eigenvalue weighted by molar-refractivity contribution is 0.258. The summed E-state index contributed by atoms with van der Waals surface area (Å²) in [5.41, 5.74) is 0. The lowest BCUT2D eigenvalue weighted by atomic mass is 9.84. The van der Waals surface area contributed by atoms with Crippen LogP contribution in [0, 0.1) is 11.8 Å². The van der Waals surface area contributed by atoms with Crippen LogP contribution in [0.3, 0.4) is 0 Å². The lowest BCUT2D eigenvalue weighted by Gasteiger charge is -2.30. The van der Waals surface area contributed by atoms with Crippen LogP contribution >= 0.6 is 0 Å². The molecule has 3 unspecified atom stereocenters. The monoisotopic (exact) mass is 211 g/mol. The average molecular weight is 211 g/mol. The highest BCUT2D eigenvalue weighted by atomic mass is 14.9. The van der Waals surface area contributed by atoms with E-state index >= 15 is 0 Å². The van der Waals surface area contributed by atoms with E-state index in [1.165, 1.54) is 51.5 Å². The molecular weight excluding hydrogens is 182 g/mol. The molecule has 1 saturated heterocycles. The molecule has 1 heterocycles. The van der Waals surface area contributed by atoms with Gasteiger partial charge in [0.25, 0.3) is 0 Å². The summed E-state index contributed by atoms with van der Waals surface area (Å²) >= 11 is 0. The summed E-state index contributed by atoms with van der Waals surface area (Å²) in [7, 11) is 0. The van der Waals surface area contributed by atoms with E-state index in [-0.39, 0.29) is 0 Å². The Hall–Kier alpha value is -0.0400. The van der Waals surface area contributed by atoms with Crippen molar-refractivity contribution >= 4 is 0 Å². The first-order chi connectivity index (χ1) is 7.26. The average Bonchev–Trinajstić information content (AvgIpc) is 2.27. The summed E-state index contributed by atoms with van der Waals surface area (Å²) < 4.78 is 0. The molecule has 3 atom stereocenters. The summed E-state index contributed by atoms with van der Waals surface area (Å²) in [5, 5.41) is 3.62. The second-order valence-corrected chi connectivity index (χ2v) is 5.40. The quantitative estimate of drug-likeness (QED) is 0.700. The summed E-state index contributed by atoms with van der Waals surface area (Å²) in [6.45, 7) is 8.24. The van der Waals surface area contributed by atoms with Crippen LogP contribution in [0.2, 0.25) is 0 Å². The third-order valence-corrected chi connectivity index (χ3v) is 3.97. The minimum absolute atomic E-state index is 0.761. The van der Waals surface area contributed by atoms with Gasteiger partial charge in [-0.15, -0.1) is 0 Å². The van der Waals surface area contributed by atoms with E-state index in [0.29, 0.717) is 0 Å². The Labute approximate surface area is 96.0 Å². The third-order valence-electron chi connectivity index (χ3n) is 3.97. The van der Waals surface area contributed by atoms with E-state index < -0.39 is 0 Å². The van der Waals surface area contributed by atoms with Gasteiger partial charge in [-0.3, -0.25) is 0 Å². The molecule has 0 amide bonds. The topological polar surface area (TPSA) is 12.0 Å². The highest BCUT2D eigenvalue weighted by Gasteiger charge is 2.20. The fourth-order valence-corrected chi connectivity index (χ4v) is 2.71. The summed E-state index contributed by atoms with van der Waals surface area (Å²) in [5.74, 6) is 1.95. The summed E-state index contributed by atoms with van der Waals surface area (Å²) in [6, 6.07) is 0.761. The van der Waals surface area contributed by atoms with Gasteiger partial charge in [-0.2, -0.15) is 0 Å². The SMILES string of the molecule is CCCCC(CC)CC1CCC(C)NC1. The van der Waals surface area contributed by atoms with E-state index in [1.807, 2.05) is 0 Å². The largest absolute Gasteiger partial charge is 0.314 e.